The number of aromatic hydroxyl groups is 1. The first-order valence-electron chi connectivity index (χ1n) is 21.2. The smallest absolute Gasteiger partial charge is 0.318 e. The summed E-state index contributed by atoms with van der Waals surface area (Å²) in [5.41, 5.74) is 3.00. The van der Waals surface area contributed by atoms with E-state index in [4.69, 9.17) is 19.7 Å². The lowest BCUT2D eigenvalue weighted by atomic mass is 9.81. The molecule has 0 aliphatic carbocycles. The molecule has 2 N–H and O–H groups in total. The number of aliphatic hydroxyl groups is 1. The van der Waals surface area contributed by atoms with Crippen LogP contribution in [-0.4, -0.2) is 76.1 Å². The Balaban J connectivity index is 1.46. The van der Waals surface area contributed by atoms with Crippen molar-refractivity contribution in [3.63, 3.8) is 0 Å². The quantitative estimate of drug-likeness (QED) is 0.111. The number of fused-ring (bicyclic) bond motifs is 6. The number of nitrogens with zero attached hydrogens (tertiary/aromatic N) is 5. The Morgan fingerprint density at radius 2 is 1.65 bits per heavy atom. The summed E-state index contributed by atoms with van der Waals surface area (Å²) in [6, 6.07) is 9.83. The van der Waals surface area contributed by atoms with E-state index in [0.29, 0.717) is 24.6 Å². The summed E-state index contributed by atoms with van der Waals surface area (Å²) in [6.45, 7) is 16.7. The molecule has 3 aliphatic heterocycles. The van der Waals surface area contributed by atoms with Crippen LogP contribution in [0.25, 0.3) is 38.9 Å². The zero-order chi connectivity index (χ0) is 38.9. The standard InChI is InChI=1S/C46H62FN5O3/c1-7-10-12-19-46(6,18-11-8-2)28-55-45-49-40-25-37(36-24-34(54)23-31-14-17-39(47)35(9-3)41(31)36)43-38(22-29(4)30(5)48-43)42(40)44(50-45)52-32-15-16-33(52)27-51(26-32)20-13-21-53/h14,17,22-25,29-30,32-33,53-54H,7-13,15-16,18-21,26-28H2,1-6H3. The van der Waals surface area contributed by atoms with Gasteiger partial charge in [-0.1, -0.05) is 78.9 Å². The van der Waals surface area contributed by atoms with Crippen LogP contribution in [0.1, 0.15) is 111 Å². The topological polar surface area (TPSA) is 94.3 Å². The third kappa shape index (κ3) is 7.93. The third-order valence-corrected chi connectivity index (χ3v) is 12.8. The number of ether oxygens (including phenoxy) is 1. The van der Waals surface area contributed by atoms with Gasteiger partial charge in [-0.15, -0.1) is 0 Å². The molecule has 3 aromatic carbocycles. The molecule has 4 aromatic rings. The lowest BCUT2D eigenvalue weighted by Crippen LogP contribution is -2.54. The molecule has 0 radical (unpaired) electrons. The zero-order valence-corrected chi connectivity index (χ0v) is 34.0. The number of aromatic nitrogens is 2. The largest absolute Gasteiger partial charge is 0.508 e. The van der Waals surface area contributed by atoms with Crippen LogP contribution < -0.4 is 20.2 Å². The van der Waals surface area contributed by atoms with Gasteiger partial charge < -0.3 is 19.8 Å². The van der Waals surface area contributed by atoms with Crippen molar-refractivity contribution in [3.8, 4) is 22.9 Å². The van der Waals surface area contributed by atoms with Crippen LogP contribution in [0.15, 0.2) is 35.3 Å². The Morgan fingerprint density at radius 3 is 2.36 bits per heavy atom. The second-order valence-corrected chi connectivity index (χ2v) is 17.1. The highest BCUT2D eigenvalue weighted by Crippen LogP contribution is 2.40. The molecule has 1 aromatic heterocycles. The van der Waals surface area contributed by atoms with Gasteiger partial charge in [0.15, 0.2) is 0 Å². The lowest BCUT2D eigenvalue weighted by Gasteiger charge is -2.42. The SMILES string of the molecule is CCCCCC(C)(CCCC)COc1nc(N2C3CCC2CN(CCCO)C3)c2c3c(c(-c4cc(O)cc5ccc(F)c(CC)c45)cc2n1)=NC(C)C(C)C=3. The number of hydrogen-bond acceptors (Lipinski definition) is 8. The van der Waals surface area contributed by atoms with E-state index in [1.807, 2.05) is 6.92 Å². The number of aliphatic hydroxyl groups excluding tert-OH is 1. The number of likely N-dealkylation sites (tertiary alicyclic amines) is 1. The van der Waals surface area contributed by atoms with E-state index in [0.717, 1.165) is 114 Å². The number of hydrogen-bond donors (Lipinski definition) is 2. The van der Waals surface area contributed by atoms with Gasteiger partial charge in [-0.25, -0.2) is 4.39 Å². The Morgan fingerprint density at radius 1 is 0.909 bits per heavy atom. The average molecular weight is 752 g/mol. The predicted octanol–water partition coefficient (Wildman–Crippen LogP) is 8.49. The fourth-order valence-corrected chi connectivity index (χ4v) is 9.54. The molecule has 55 heavy (non-hydrogen) atoms. The fraction of sp³-hybridized carbons (Fsp3) is 0.587. The minimum atomic E-state index is -0.249. The number of phenols is 1. The van der Waals surface area contributed by atoms with Gasteiger partial charge in [0, 0.05) is 54.5 Å². The molecule has 2 bridgehead atoms. The van der Waals surface area contributed by atoms with Crippen molar-refractivity contribution in [1.29, 1.82) is 0 Å². The van der Waals surface area contributed by atoms with E-state index >= 15 is 4.39 Å². The normalized spacial score (nSPS) is 22.1. The molecule has 4 heterocycles. The molecule has 8 nitrogen and oxygen atoms in total. The predicted molar refractivity (Wildman–Crippen MR) is 222 cm³/mol. The Bertz CT molecular complexity index is 2130. The minimum Gasteiger partial charge on any atom is -0.508 e. The molecule has 2 saturated heterocycles. The van der Waals surface area contributed by atoms with Gasteiger partial charge in [0.05, 0.1) is 28.9 Å². The molecule has 2 fully saturated rings. The number of phenolic OH excluding ortho intramolecular Hbond substituents is 1. The molecule has 3 aliphatic rings. The van der Waals surface area contributed by atoms with Crippen LogP contribution in [0.2, 0.25) is 0 Å². The second-order valence-electron chi connectivity index (χ2n) is 17.1. The first kappa shape index (κ1) is 39.4. The highest BCUT2D eigenvalue weighted by Gasteiger charge is 2.42. The lowest BCUT2D eigenvalue weighted by molar-refractivity contribution is 0.126. The average Bonchev–Trinajstić information content (AvgIpc) is 3.44. The molecule has 7 rings (SSSR count). The number of aryl methyl sites for hydroxylation is 1. The monoisotopic (exact) mass is 751 g/mol. The fourth-order valence-electron chi connectivity index (χ4n) is 9.54. The van der Waals surface area contributed by atoms with Crippen molar-refractivity contribution in [2.75, 3.05) is 37.7 Å². The number of anilines is 1. The Hall–Kier alpha value is -3.82. The van der Waals surface area contributed by atoms with Crippen LogP contribution in [0, 0.1) is 17.2 Å². The summed E-state index contributed by atoms with van der Waals surface area (Å²) in [4.78, 5) is 21.0. The molecule has 0 spiro atoms. The van der Waals surface area contributed by atoms with E-state index in [1.165, 1.54) is 25.3 Å². The van der Waals surface area contributed by atoms with Crippen molar-refractivity contribution in [3.05, 3.63) is 52.3 Å². The second kappa shape index (κ2) is 16.7. The van der Waals surface area contributed by atoms with E-state index in [9.17, 15) is 10.2 Å². The van der Waals surface area contributed by atoms with Gasteiger partial charge in [-0.05, 0) is 97.5 Å². The van der Waals surface area contributed by atoms with E-state index in [2.05, 4.69) is 56.6 Å². The van der Waals surface area contributed by atoms with E-state index in [-0.39, 0.29) is 47.6 Å². The number of piperazine rings is 1. The van der Waals surface area contributed by atoms with Crippen molar-refractivity contribution in [2.45, 2.75) is 130 Å². The first-order valence-corrected chi connectivity index (χ1v) is 21.2. The maximum absolute atomic E-state index is 15.5. The van der Waals surface area contributed by atoms with Gasteiger partial charge in [-0.3, -0.25) is 9.89 Å². The van der Waals surface area contributed by atoms with Crippen molar-refractivity contribution in [1.82, 2.24) is 14.9 Å². The number of benzene rings is 3. The molecule has 0 amide bonds. The molecule has 296 valence electrons. The summed E-state index contributed by atoms with van der Waals surface area (Å²) in [5, 5.41) is 25.1. The minimum absolute atomic E-state index is 0.0152. The highest BCUT2D eigenvalue weighted by molar-refractivity contribution is 6.03. The Kier molecular flexibility index (Phi) is 12.0. The van der Waals surface area contributed by atoms with Crippen molar-refractivity contribution >= 4 is 33.6 Å². The summed E-state index contributed by atoms with van der Waals surface area (Å²) in [7, 11) is 0. The maximum atomic E-state index is 15.5. The molecule has 5 atom stereocenters. The highest BCUT2D eigenvalue weighted by atomic mass is 19.1. The molecule has 9 heteroatoms. The molecule has 5 unspecified atom stereocenters. The molecule has 0 saturated carbocycles. The van der Waals surface area contributed by atoms with Gasteiger partial charge in [0.2, 0.25) is 0 Å². The number of rotatable bonds is 16. The van der Waals surface area contributed by atoms with Crippen LogP contribution in [0.3, 0.4) is 0 Å². The van der Waals surface area contributed by atoms with Crippen LogP contribution >= 0.6 is 0 Å². The van der Waals surface area contributed by atoms with Gasteiger partial charge in [0.1, 0.15) is 17.4 Å². The van der Waals surface area contributed by atoms with Crippen molar-refractivity contribution in [2.24, 2.45) is 16.3 Å². The van der Waals surface area contributed by atoms with E-state index in [1.54, 1.807) is 18.2 Å². The van der Waals surface area contributed by atoms with Crippen LogP contribution in [0.4, 0.5) is 10.2 Å². The van der Waals surface area contributed by atoms with E-state index < -0.39 is 0 Å². The summed E-state index contributed by atoms with van der Waals surface area (Å²) >= 11 is 0. The van der Waals surface area contributed by atoms with Crippen LogP contribution in [0.5, 0.6) is 11.8 Å². The maximum Gasteiger partial charge on any atom is 0.318 e. The third-order valence-electron chi connectivity index (χ3n) is 12.8. The van der Waals surface area contributed by atoms with Gasteiger partial charge in [0.25, 0.3) is 0 Å². The number of unbranched alkanes of at least 4 members (excludes halogenated alkanes) is 3. The summed E-state index contributed by atoms with van der Waals surface area (Å²) in [5.74, 6) is 0.964. The number of halogens is 1. The van der Waals surface area contributed by atoms with Gasteiger partial charge >= 0.3 is 6.01 Å². The van der Waals surface area contributed by atoms with Gasteiger partial charge in [-0.2, -0.15) is 9.97 Å². The summed E-state index contributed by atoms with van der Waals surface area (Å²) in [6.07, 6.45) is 13.9. The van der Waals surface area contributed by atoms with Crippen molar-refractivity contribution < 1.29 is 19.3 Å². The van der Waals surface area contributed by atoms with Crippen LogP contribution in [-0.2, 0) is 6.42 Å². The summed E-state index contributed by atoms with van der Waals surface area (Å²) < 4.78 is 22.3. The Labute approximate surface area is 326 Å². The molecular weight excluding hydrogens is 690 g/mol. The first-order chi connectivity index (χ1) is 26.6. The zero-order valence-electron chi connectivity index (χ0n) is 34.0. The molecular formula is C46H62FN5O3.